The Balaban J connectivity index is 1.43. The number of fused-ring (bicyclic) bond motifs is 1. The summed E-state index contributed by atoms with van der Waals surface area (Å²) in [6, 6.07) is 16.6. The molecule has 4 heterocycles. The van der Waals surface area contributed by atoms with Gasteiger partial charge in [0.2, 0.25) is 0 Å². The largest absolute Gasteiger partial charge is 0.371 e. The van der Waals surface area contributed by atoms with Crippen molar-refractivity contribution in [2.45, 2.75) is 13.0 Å². The lowest BCUT2D eigenvalue weighted by atomic mass is 10.0. The molecule has 1 saturated heterocycles. The maximum absolute atomic E-state index is 4.57. The highest BCUT2D eigenvalue weighted by molar-refractivity contribution is 5.86. The topological polar surface area (TPSA) is 44.6 Å². The summed E-state index contributed by atoms with van der Waals surface area (Å²) in [5.41, 5.74) is 5.79. The molecule has 0 amide bonds. The van der Waals surface area contributed by atoms with E-state index in [-0.39, 0.29) is 0 Å². The van der Waals surface area contributed by atoms with Gasteiger partial charge in [-0.15, -0.1) is 0 Å². The number of rotatable bonds is 3. The van der Waals surface area contributed by atoms with Gasteiger partial charge in [0.05, 0.1) is 18.5 Å². The number of nitrogens with zero attached hydrogens (tertiary/aromatic N) is 5. The molecule has 5 heteroatoms. The van der Waals surface area contributed by atoms with Gasteiger partial charge in [-0.05, 0) is 42.3 Å². The summed E-state index contributed by atoms with van der Waals surface area (Å²) in [7, 11) is 0. The molecule has 0 radical (unpaired) electrons. The van der Waals surface area contributed by atoms with Crippen molar-refractivity contribution >= 4 is 17.7 Å². The first-order chi connectivity index (χ1) is 12.9. The van der Waals surface area contributed by atoms with E-state index in [4.69, 9.17) is 0 Å². The Kier molecular flexibility index (Phi) is 3.63. The van der Waals surface area contributed by atoms with Gasteiger partial charge in [-0.3, -0.25) is 4.98 Å². The molecule has 0 unspecified atom stereocenters. The van der Waals surface area contributed by atoms with Crippen molar-refractivity contribution in [1.82, 2.24) is 9.97 Å². The lowest BCUT2D eigenvalue weighted by Crippen LogP contribution is -2.36. The van der Waals surface area contributed by atoms with Gasteiger partial charge in [0, 0.05) is 42.3 Å². The third-order valence-electron chi connectivity index (χ3n) is 4.98. The molecule has 5 rings (SSSR count). The molecule has 0 bridgehead atoms. The maximum Gasteiger partial charge on any atom is 0.149 e. The van der Waals surface area contributed by atoms with Gasteiger partial charge in [-0.25, -0.2) is 9.99 Å². The molecule has 0 saturated carbocycles. The second kappa shape index (κ2) is 6.26. The van der Waals surface area contributed by atoms with Crippen LogP contribution in [0, 0.1) is 0 Å². The molecular weight excluding hydrogens is 322 g/mol. The molecule has 2 aliphatic rings. The van der Waals surface area contributed by atoms with Crippen LogP contribution in [0.3, 0.4) is 0 Å². The van der Waals surface area contributed by atoms with Crippen molar-refractivity contribution < 1.29 is 0 Å². The number of benzene rings is 1. The highest BCUT2D eigenvalue weighted by atomic mass is 15.5. The first-order valence-corrected chi connectivity index (χ1v) is 8.94. The van der Waals surface area contributed by atoms with Crippen LogP contribution in [0.1, 0.15) is 17.5 Å². The summed E-state index contributed by atoms with van der Waals surface area (Å²) >= 11 is 0. The number of anilines is 2. The Morgan fingerprint density at radius 1 is 0.885 bits per heavy atom. The summed E-state index contributed by atoms with van der Waals surface area (Å²) in [6.07, 6.45) is 6.88. The minimum absolute atomic E-state index is 0.727. The molecule has 26 heavy (non-hydrogen) atoms. The van der Waals surface area contributed by atoms with Gasteiger partial charge in [-0.1, -0.05) is 18.2 Å². The zero-order valence-corrected chi connectivity index (χ0v) is 14.4. The van der Waals surface area contributed by atoms with Crippen molar-refractivity contribution in [3.63, 3.8) is 0 Å². The molecule has 1 aromatic carbocycles. The van der Waals surface area contributed by atoms with E-state index in [1.807, 2.05) is 35.6 Å². The fourth-order valence-electron chi connectivity index (χ4n) is 3.35. The number of hydrogen-bond acceptors (Lipinski definition) is 5. The predicted octanol–water partition coefficient (Wildman–Crippen LogP) is 3.71. The molecule has 0 aliphatic carbocycles. The predicted molar refractivity (Wildman–Crippen MR) is 105 cm³/mol. The van der Waals surface area contributed by atoms with Crippen LogP contribution in [-0.2, 0) is 6.54 Å². The smallest absolute Gasteiger partial charge is 0.149 e. The molecule has 0 N–H and O–H groups in total. The second-order valence-corrected chi connectivity index (χ2v) is 6.64. The highest BCUT2D eigenvalue weighted by Crippen LogP contribution is 2.28. The number of pyridine rings is 2. The van der Waals surface area contributed by atoms with E-state index in [1.54, 1.807) is 6.20 Å². The Labute approximate surface area is 152 Å². The van der Waals surface area contributed by atoms with Crippen LogP contribution in [0.15, 0.2) is 66.0 Å². The molecular formula is C21H19N5. The minimum atomic E-state index is 0.727. The monoisotopic (exact) mass is 341 g/mol. The SMILES string of the molecule is C1=NN(c2ccccn2)Cc2ccc(-c3cc(N4CCC4)ccn3)cc21. The third-order valence-corrected chi connectivity index (χ3v) is 4.98. The summed E-state index contributed by atoms with van der Waals surface area (Å²) in [5.74, 6) is 0.863. The molecule has 128 valence electrons. The van der Waals surface area contributed by atoms with Gasteiger partial charge in [0.25, 0.3) is 0 Å². The van der Waals surface area contributed by atoms with Crippen LogP contribution in [0.25, 0.3) is 11.3 Å². The Morgan fingerprint density at radius 3 is 2.65 bits per heavy atom. The Bertz CT molecular complexity index is 963. The third kappa shape index (κ3) is 2.71. The van der Waals surface area contributed by atoms with E-state index in [2.05, 4.69) is 50.3 Å². The van der Waals surface area contributed by atoms with Crippen LogP contribution >= 0.6 is 0 Å². The molecule has 3 aromatic rings. The molecule has 0 atom stereocenters. The van der Waals surface area contributed by atoms with Gasteiger partial charge < -0.3 is 4.90 Å². The zero-order chi connectivity index (χ0) is 17.3. The van der Waals surface area contributed by atoms with Crippen LogP contribution in [0.5, 0.6) is 0 Å². The van der Waals surface area contributed by atoms with E-state index < -0.39 is 0 Å². The van der Waals surface area contributed by atoms with Crippen molar-refractivity contribution in [2.75, 3.05) is 23.0 Å². The van der Waals surface area contributed by atoms with Gasteiger partial charge in [-0.2, -0.15) is 5.10 Å². The van der Waals surface area contributed by atoms with Gasteiger partial charge in [0.15, 0.2) is 0 Å². The molecule has 0 spiro atoms. The van der Waals surface area contributed by atoms with E-state index in [1.165, 1.54) is 17.7 Å². The molecule has 2 aliphatic heterocycles. The van der Waals surface area contributed by atoms with E-state index in [9.17, 15) is 0 Å². The summed E-state index contributed by atoms with van der Waals surface area (Å²) < 4.78 is 0. The lowest BCUT2D eigenvalue weighted by Gasteiger charge is -2.33. The normalized spacial score (nSPS) is 15.5. The fraction of sp³-hybridized carbons (Fsp3) is 0.190. The quantitative estimate of drug-likeness (QED) is 0.728. The molecule has 5 nitrogen and oxygen atoms in total. The van der Waals surface area contributed by atoms with Crippen LogP contribution in [0.2, 0.25) is 0 Å². The van der Waals surface area contributed by atoms with E-state index >= 15 is 0 Å². The average Bonchev–Trinajstić information content (AvgIpc) is 2.67. The summed E-state index contributed by atoms with van der Waals surface area (Å²) in [6.45, 7) is 3.01. The Morgan fingerprint density at radius 2 is 1.85 bits per heavy atom. The average molecular weight is 341 g/mol. The fourth-order valence-corrected chi connectivity index (χ4v) is 3.35. The van der Waals surface area contributed by atoms with E-state index in [0.29, 0.717) is 0 Å². The minimum Gasteiger partial charge on any atom is -0.371 e. The standard InChI is InChI=1S/C21H19N5/c1-2-8-23-21(4-1)26-15-17-6-5-16(12-18(17)14-24-26)20-13-19(7-9-22-20)25-10-3-11-25/h1-2,4-9,12-14H,3,10-11,15H2. The van der Waals surface area contributed by atoms with Crippen molar-refractivity contribution in [2.24, 2.45) is 5.10 Å². The van der Waals surface area contributed by atoms with Gasteiger partial charge in [0.1, 0.15) is 5.82 Å². The van der Waals surface area contributed by atoms with Crippen LogP contribution in [0.4, 0.5) is 11.5 Å². The summed E-state index contributed by atoms with van der Waals surface area (Å²) in [5, 5.41) is 6.48. The lowest BCUT2D eigenvalue weighted by molar-refractivity contribution is 0.617. The van der Waals surface area contributed by atoms with Gasteiger partial charge >= 0.3 is 0 Å². The van der Waals surface area contributed by atoms with E-state index in [0.717, 1.165) is 42.3 Å². The van der Waals surface area contributed by atoms with Crippen molar-refractivity contribution in [3.8, 4) is 11.3 Å². The van der Waals surface area contributed by atoms with Crippen molar-refractivity contribution in [3.05, 3.63) is 72.1 Å². The van der Waals surface area contributed by atoms with Crippen molar-refractivity contribution in [1.29, 1.82) is 0 Å². The van der Waals surface area contributed by atoms with Crippen LogP contribution < -0.4 is 9.91 Å². The second-order valence-electron chi connectivity index (χ2n) is 6.64. The molecule has 2 aromatic heterocycles. The van der Waals surface area contributed by atoms with Crippen LogP contribution in [-0.4, -0.2) is 29.3 Å². The number of hydrazone groups is 1. The summed E-state index contributed by atoms with van der Waals surface area (Å²) in [4.78, 5) is 11.3. The maximum atomic E-state index is 4.57. The first-order valence-electron chi connectivity index (χ1n) is 8.94. The number of hydrogen-bond donors (Lipinski definition) is 0. The Hall–Kier alpha value is -3.21. The first kappa shape index (κ1) is 15.1. The molecule has 1 fully saturated rings. The zero-order valence-electron chi connectivity index (χ0n) is 14.4. The number of aromatic nitrogens is 2. The highest BCUT2D eigenvalue weighted by Gasteiger charge is 2.17.